The van der Waals surface area contributed by atoms with E-state index < -0.39 is 0 Å². The Hall–Kier alpha value is -3.09. The number of hydrogen-bond donors (Lipinski definition) is 2. The highest BCUT2D eigenvalue weighted by atomic mass is 35.5. The molecule has 0 atom stereocenters. The van der Waals surface area contributed by atoms with Gasteiger partial charge in [0.15, 0.2) is 5.11 Å². The Bertz CT molecular complexity index is 1120. The predicted octanol–water partition coefficient (Wildman–Crippen LogP) is 6.04. The zero-order valence-corrected chi connectivity index (χ0v) is 19.8. The number of nitrogens with one attached hydrogen (secondary N) is 2. The van der Waals surface area contributed by atoms with Crippen LogP contribution in [0.4, 0.5) is 11.4 Å². The summed E-state index contributed by atoms with van der Waals surface area (Å²) in [6, 6.07) is 22.6. The normalized spacial score (nSPS) is 13.3. The molecule has 3 aromatic rings. The second-order valence-electron chi connectivity index (χ2n) is 7.89. The molecule has 0 aliphatic carbocycles. The molecule has 4 rings (SSSR count). The second kappa shape index (κ2) is 11.2. The number of carbonyl (C=O) groups excluding carboxylic acids is 1. The molecule has 1 aliphatic rings. The Labute approximate surface area is 204 Å². The van der Waals surface area contributed by atoms with Crippen molar-refractivity contribution in [3.63, 3.8) is 0 Å². The largest absolute Gasteiger partial charge is 0.489 e. The SMILES string of the molecule is O=C(NC(=S)Nc1cccc(Cl)c1N1CCCCC1)c1cccc(OCc2ccccc2)c1. The van der Waals surface area contributed by atoms with Crippen LogP contribution in [0.15, 0.2) is 72.8 Å². The number of rotatable bonds is 6. The number of ether oxygens (including phenoxy) is 1. The van der Waals surface area contributed by atoms with Gasteiger partial charge in [-0.15, -0.1) is 0 Å². The number of amides is 1. The van der Waals surface area contributed by atoms with Gasteiger partial charge < -0.3 is 15.0 Å². The molecule has 0 unspecified atom stereocenters. The van der Waals surface area contributed by atoms with E-state index in [2.05, 4.69) is 15.5 Å². The minimum Gasteiger partial charge on any atom is -0.489 e. The summed E-state index contributed by atoms with van der Waals surface area (Å²) in [5.74, 6) is 0.312. The minimum atomic E-state index is -0.306. The maximum Gasteiger partial charge on any atom is 0.257 e. The fourth-order valence-corrected chi connectivity index (χ4v) is 4.35. The third-order valence-electron chi connectivity index (χ3n) is 5.48. The van der Waals surface area contributed by atoms with Crippen molar-refractivity contribution in [1.29, 1.82) is 0 Å². The van der Waals surface area contributed by atoms with E-state index in [0.717, 1.165) is 42.9 Å². The van der Waals surface area contributed by atoms with Crippen molar-refractivity contribution in [3.8, 4) is 5.75 Å². The van der Waals surface area contributed by atoms with Crippen LogP contribution >= 0.6 is 23.8 Å². The number of thiocarbonyl (C=S) groups is 1. The van der Waals surface area contributed by atoms with E-state index in [9.17, 15) is 4.79 Å². The summed E-state index contributed by atoms with van der Waals surface area (Å²) < 4.78 is 5.83. The Morgan fingerprint density at radius 1 is 0.970 bits per heavy atom. The molecule has 0 bridgehead atoms. The van der Waals surface area contributed by atoms with Gasteiger partial charge in [-0.05, 0) is 67.4 Å². The number of piperidine rings is 1. The molecule has 7 heteroatoms. The Balaban J connectivity index is 1.39. The molecular weight excluding hydrogens is 454 g/mol. The molecule has 5 nitrogen and oxygen atoms in total. The summed E-state index contributed by atoms with van der Waals surface area (Å²) in [6.45, 7) is 2.33. The maximum absolute atomic E-state index is 12.8. The molecule has 1 heterocycles. The van der Waals surface area contributed by atoms with Crippen LogP contribution in [0.2, 0.25) is 5.02 Å². The van der Waals surface area contributed by atoms with Crippen LogP contribution in [0.5, 0.6) is 5.75 Å². The van der Waals surface area contributed by atoms with Crippen LogP contribution in [-0.2, 0) is 6.61 Å². The minimum absolute atomic E-state index is 0.219. The first kappa shape index (κ1) is 23.1. The van der Waals surface area contributed by atoms with Crippen LogP contribution < -0.4 is 20.3 Å². The lowest BCUT2D eigenvalue weighted by Gasteiger charge is -2.31. The number of hydrogen-bond acceptors (Lipinski definition) is 4. The molecular formula is C26H26ClN3O2S. The van der Waals surface area contributed by atoms with Crippen LogP contribution in [-0.4, -0.2) is 24.1 Å². The predicted molar refractivity (Wildman–Crippen MR) is 138 cm³/mol. The summed E-state index contributed by atoms with van der Waals surface area (Å²) in [4.78, 5) is 15.1. The smallest absolute Gasteiger partial charge is 0.257 e. The van der Waals surface area contributed by atoms with Gasteiger partial charge in [0.05, 0.1) is 16.4 Å². The Morgan fingerprint density at radius 2 is 1.73 bits per heavy atom. The van der Waals surface area contributed by atoms with Crippen molar-refractivity contribution in [2.75, 3.05) is 23.3 Å². The van der Waals surface area contributed by atoms with E-state index in [4.69, 9.17) is 28.6 Å². The highest BCUT2D eigenvalue weighted by molar-refractivity contribution is 7.80. The van der Waals surface area contributed by atoms with Crippen molar-refractivity contribution >= 4 is 46.2 Å². The van der Waals surface area contributed by atoms with E-state index in [1.807, 2.05) is 54.6 Å². The summed E-state index contributed by atoms with van der Waals surface area (Å²) in [7, 11) is 0. The number of halogens is 1. The van der Waals surface area contributed by atoms with Gasteiger partial charge in [-0.2, -0.15) is 0 Å². The van der Waals surface area contributed by atoms with Crippen molar-refractivity contribution in [1.82, 2.24) is 5.32 Å². The lowest BCUT2D eigenvalue weighted by atomic mass is 10.1. The molecule has 170 valence electrons. The van der Waals surface area contributed by atoms with Gasteiger partial charge in [-0.25, -0.2) is 0 Å². The third kappa shape index (κ3) is 6.24. The lowest BCUT2D eigenvalue weighted by molar-refractivity contribution is 0.0977. The maximum atomic E-state index is 12.8. The highest BCUT2D eigenvalue weighted by Crippen LogP contribution is 2.35. The van der Waals surface area contributed by atoms with E-state index in [-0.39, 0.29) is 11.0 Å². The molecule has 1 fully saturated rings. The number of carbonyl (C=O) groups is 1. The molecule has 0 aromatic heterocycles. The van der Waals surface area contributed by atoms with Gasteiger partial charge in [0.2, 0.25) is 0 Å². The van der Waals surface area contributed by atoms with E-state index in [1.165, 1.54) is 6.42 Å². The van der Waals surface area contributed by atoms with Gasteiger partial charge in [0, 0.05) is 18.7 Å². The molecule has 2 N–H and O–H groups in total. The zero-order valence-electron chi connectivity index (χ0n) is 18.2. The molecule has 0 radical (unpaired) electrons. The van der Waals surface area contributed by atoms with Gasteiger partial charge in [0.25, 0.3) is 5.91 Å². The number of nitrogens with zero attached hydrogens (tertiary/aromatic N) is 1. The van der Waals surface area contributed by atoms with Crippen molar-refractivity contribution in [2.24, 2.45) is 0 Å². The summed E-state index contributed by atoms with van der Waals surface area (Å²) in [5, 5.41) is 6.80. The van der Waals surface area contributed by atoms with Gasteiger partial charge in [-0.1, -0.05) is 54.1 Å². The van der Waals surface area contributed by atoms with Gasteiger partial charge >= 0.3 is 0 Å². The van der Waals surface area contributed by atoms with Crippen LogP contribution in [0.1, 0.15) is 35.2 Å². The van der Waals surface area contributed by atoms with Crippen molar-refractivity contribution in [2.45, 2.75) is 25.9 Å². The zero-order chi connectivity index (χ0) is 23.0. The molecule has 3 aromatic carbocycles. The van der Waals surface area contributed by atoms with Crippen LogP contribution in [0.3, 0.4) is 0 Å². The summed E-state index contributed by atoms with van der Waals surface area (Å²) >= 11 is 11.9. The van der Waals surface area contributed by atoms with Gasteiger partial charge in [-0.3, -0.25) is 10.1 Å². The van der Waals surface area contributed by atoms with E-state index >= 15 is 0 Å². The van der Waals surface area contributed by atoms with Crippen molar-refractivity contribution in [3.05, 3.63) is 88.9 Å². The number of para-hydroxylation sites is 1. The summed E-state index contributed by atoms with van der Waals surface area (Å²) in [6.07, 6.45) is 3.50. The topological polar surface area (TPSA) is 53.6 Å². The first-order valence-electron chi connectivity index (χ1n) is 11.0. The highest BCUT2D eigenvalue weighted by Gasteiger charge is 2.19. The number of anilines is 2. The molecule has 1 saturated heterocycles. The van der Waals surface area contributed by atoms with Crippen LogP contribution in [0.25, 0.3) is 0 Å². The standard InChI is InChI=1S/C26H26ClN3O2S/c27-22-13-8-14-23(24(22)30-15-5-2-6-16-30)28-26(33)29-25(31)20-11-7-12-21(17-20)32-18-19-9-3-1-4-10-19/h1,3-4,7-14,17H,2,5-6,15-16,18H2,(H2,28,29,31,33). The average molecular weight is 480 g/mol. The molecule has 33 heavy (non-hydrogen) atoms. The van der Waals surface area contributed by atoms with E-state index in [0.29, 0.717) is 22.9 Å². The first-order valence-corrected chi connectivity index (χ1v) is 11.8. The van der Waals surface area contributed by atoms with E-state index in [1.54, 1.807) is 18.2 Å². The molecule has 1 amide bonds. The average Bonchev–Trinajstić information content (AvgIpc) is 2.84. The third-order valence-corrected chi connectivity index (χ3v) is 5.99. The quantitative estimate of drug-likeness (QED) is 0.422. The first-order chi connectivity index (χ1) is 16.1. The lowest BCUT2D eigenvalue weighted by Crippen LogP contribution is -2.35. The number of benzene rings is 3. The Morgan fingerprint density at radius 3 is 2.52 bits per heavy atom. The molecule has 1 aliphatic heterocycles. The molecule has 0 spiro atoms. The summed E-state index contributed by atoms with van der Waals surface area (Å²) in [5.41, 5.74) is 3.23. The van der Waals surface area contributed by atoms with Crippen LogP contribution in [0, 0.1) is 0 Å². The fraction of sp³-hybridized carbons (Fsp3) is 0.231. The van der Waals surface area contributed by atoms with Gasteiger partial charge in [0.1, 0.15) is 12.4 Å². The van der Waals surface area contributed by atoms with Crippen molar-refractivity contribution < 1.29 is 9.53 Å². The Kier molecular flexibility index (Phi) is 7.81. The fourth-order valence-electron chi connectivity index (χ4n) is 3.85. The monoisotopic (exact) mass is 479 g/mol. The second-order valence-corrected chi connectivity index (χ2v) is 8.71. The molecule has 0 saturated carbocycles.